The maximum atomic E-state index is 2.41. The topological polar surface area (TPSA) is 0 Å². The van der Waals surface area contributed by atoms with Crippen LogP contribution in [-0.4, -0.2) is 7.85 Å². The Bertz CT molecular complexity index is 156. The molecule has 0 N–H and O–H groups in total. The van der Waals surface area contributed by atoms with Gasteiger partial charge < -0.3 is 0 Å². The largest absolute Gasteiger partial charge is 0.109 e. The molecule has 12 heavy (non-hydrogen) atoms. The Morgan fingerprint density at radius 3 is 1.75 bits per heavy atom. The van der Waals surface area contributed by atoms with E-state index in [0.29, 0.717) is 11.2 Å². The second-order valence-corrected chi connectivity index (χ2v) is 5.38. The van der Waals surface area contributed by atoms with Crippen molar-refractivity contribution in [1.29, 1.82) is 0 Å². The molecular weight excluding hydrogens is 143 g/mol. The van der Waals surface area contributed by atoms with Gasteiger partial charge in [-0.15, -0.1) is 0 Å². The fraction of sp³-hybridized carbons (Fsp3) is 0.818. The van der Waals surface area contributed by atoms with E-state index >= 15 is 0 Å². The zero-order valence-corrected chi connectivity index (χ0v) is 9.73. The van der Waals surface area contributed by atoms with Crippen LogP contribution in [0, 0.1) is 11.8 Å². The van der Waals surface area contributed by atoms with Crippen LogP contribution >= 0.6 is 0 Å². The maximum Gasteiger partial charge on any atom is 0.109 e. The predicted molar refractivity (Wildman–Crippen MR) is 60.3 cm³/mol. The number of allylic oxidation sites excluding steroid dienone is 2. The Morgan fingerprint density at radius 2 is 1.67 bits per heavy atom. The molecule has 0 saturated carbocycles. The standard InChI is InChI=1S/C11H23B/c1-8(2)7-10(9(3)4)11(5,6)12/h7,9-10H,12H2,1-6H3. The van der Waals surface area contributed by atoms with Crippen molar-refractivity contribution in [2.45, 2.75) is 46.9 Å². The normalized spacial score (nSPS) is 14.6. The maximum absolute atomic E-state index is 2.41. The highest BCUT2D eigenvalue weighted by Gasteiger charge is 2.24. The van der Waals surface area contributed by atoms with Crippen molar-refractivity contribution in [2.24, 2.45) is 11.8 Å². The first-order valence-electron chi connectivity index (χ1n) is 4.90. The highest BCUT2D eigenvalue weighted by Crippen LogP contribution is 2.37. The summed E-state index contributed by atoms with van der Waals surface area (Å²) in [7, 11) is 2.32. The molecule has 0 fully saturated rings. The zero-order valence-electron chi connectivity index (χ0n) is 9.73. The summed E-state index contributed by atoms with van der Waals surface area (Å²) in [5.41, 5.74) is 1.43. The van der Waals surface area contributed by atoms with E-state index in [1.54, 1.807) is 0 Å². The fourth-order valence-corrected chi connectivity index (χ4v) is 1.80. The highest BCUT2D eigenvalue weighted by molar-refractivity contribution is 6.14. The number of rotatable bonds is 3. The molecule has 0 aliphatic heterocycles. The average molecular weight is 166 g/mol. The fourth-order valence-electron chi connectivity index (χ4n) is 1.80. The van der Waals surface area contributed by atoms with E-state index in [-0.39, 0.29) is 0 Å². The minimum atomic E-state index is 0.394. The first-order valence-corrected chi connectivity index (χ1v) is 4.90. The van der Waals surface area contributed by atoms with Crippen molar-refractivity contribution in [2.75, 3.05) is 0 Å². The Balaban J connectivity index is 4.58. The lowest BCUT2D eigenvalue weighted by molar-refractivity contribution is 0.371. The monoisotopic (exact) mass is 166 g/mol. The van der Waals surface area contributed by atoms with Crippen LogP contribution in [0.15, 0.2) is 11.6 Å². The molecule has 0 aliphatic rings. The van der Waals surface area contributed by atoms with Gasteiger partial charge in [0.1, 0.15) is 7.85 Å². The van der Waals surface area contributed by atoms with Crippen LogP contribution in [0.25, 0.3) is 0 Å². The molecule has 0 aromatic carbocycles. The first kappa shape index (κ1) is 11.8. The molecule has 1 heteroatoms. The predicted octanol–water partition coefficient (Wildman–Crippen LogP) is 3.06. The lowest BCUT2D eigenvalue weighted by Gasteiger charge is -2.32. The smallest absolute Gasteiger partial charge is 0.0827 e. The van der Waals surface area contributed by atoms with Gasteiger partial charge >= 0.3 is 0 Å². The van der Waals surface area contributed by atoms with E-state index in [4.69, 9.17) is 0 Å². The van der Waals surface area contributed by atoms with Crippen molar-refractivity contribution in [3.63, 3.8) is 0 Å². The van der Waals surface area contributed by atoms with Crippen molar-refractivity contribution < 1.29 is 0 Å². The Morgan fingerprint density at radius 1 is 1.25 bits per heavy atom. The molecule has 0 bridgehead atoms. The quantitative estimate of drug-likeness (QED) is 0.446. The van der Waals surface area contributed by atoms with Crippen LogP contribution in [-0.2, 0) is 0 Å². The Labute approximate surface area is 78.9 Å². The van der Waals surface area contributed by atoms with E-state index in [1.807, 2.05) is 0 Å². The molecule has 0 rings (SSSR count). The number of hydrogen-bond acceptors (Lipinski definition) is 0. The molecule has 70 valence electrons. The molecule has 0 heterocycles. The van der Waals surface area contributed by atoms with Crippen LogP contribution in [0.1, 0.15) is 41.5 Å². The molecular formula is C11H23B. The van der Waals surface area contributed by atoms with Crippen molar-refractivity contribution in [3.05, 3.63) is 11.6 Å². The van der Waals surface area contributed by atoms with Gasteiger partial charge in [0.25, 0.3) is 0 Å². The molecule has 1 unspecified atom stereocenters. The summed E-state index contributed by atoms with van der Waals surface area (Å²) < 4.78 is 0. The summed E-state index contributed by atoms with van der Waals surface area (Å²) in [4.78, 5) is 0. The van der Waals surface area contributed by atoms with Gasteiger partial charge in [-0.3, -0.25) is 0 Å². The molecule has 0 saturated heterocycles. The molecule has 1 atom stereocenters. The van der Waals surface area contributed by atoms with Crippen LogP contribution in [0.4, 0.5) is 0 Å². The van der Waals surface area contributed by atoms with Crippen molar-refractivity contribution in [1.82, 2.24) is 0 Å². The Kier molecular flexibility index (Phi) is 4.09. The van der Waals surface area contributed by atoms with E-state index in [9.17, 15) is 0 Å². The second kappa shape index (κ2) is 4.16. The third-order valence-corrected chi connectivity index (χ3v) is 2.23. The van der Waals surface area contributed by atoms with Gasteiger partial charge in [-0.2, -0.15) is 0 Å². The van der Waals surface area contributed by atoms with E-state index < -0.39 is 0 Å². The third kappa shape index (κ3) is 3.99. The minimum Gasteiger partial charge on any atom is -0.0827 e. The van der Waals surface area contributed by atoms with Gasteiger partial charge in [-0.1, -0.05) is 44.7 Å². The van der Waals surface area contributed by atoms with Crippen molar-refractivity contribution in [3.8, 4) is 0 Å². The SMILES string of the molecule is BC(C)(C)C(C=C(C)C)C(C)C. The number of hydrogen-bond donors (Lipinski definition) is 0. The molecule has 0 nitrogen and oxygen atoms in total. The average Bonchev–Trinajstić information content (AvgIpc) is 1.79. The summed E-state index contributed by atoms with van der Waals surface area (Å²) in [6, 6.07) is 0. The zero-order chi connectivity index (χ0) is 9.94. The first-order chi connectivity index (χ1) is 5.25. The second-order valence-electron chi connectivity index (χ2n) is 5.38. The van der Waals surface area contributed by atoms with Crippen molar-refractivity contribution >= 4 is 7.85 Å². The molecule has 0 spiro atoms. The van der Waals surface area contributed by atoms with Crippen LogP contribution in [0.2, 0.25) is 5.31 Å². The van der Waals surface area contributed by atoms with Gasteiger partial charge in [0.2, 0.25) is 0 Å². The molecule has 0 aromatic heterocycles. The van der Waals surface area contributed by atoms with Crippen LogP contribution < -0.4 is 0 Å². The highest BCUT2D eigenvalue weighted by atomic mass is 14.3. The summed E-state index contributed by atoms with van der Waals surface area (Å²) in [5.74, 6) is 1.43. The van der Waals surface area contributed by atoms with Gasteiger partial charge in [0.05, 0.1) is 0 Å². The third-order valence-electron chi connectivity index (χ3n) is 2.23. The van der Waals surface area contributed by atoms with Crippen LogP contribution in [0.3, 0.4) is 0 Å². The summed E-state index contributed by atoms with van der Waals surface area (Å²) >= 11 is 0. The summed E-state index contributed by atoms with van der Waals surface area (Å²) in [6.45, 7) is 13.6. The van der Waals surface area contributed by atoms with Gasteiger partial charge in [-0.25, -0.2) is 0 Å². The van der Waals surface area contributed by atoms with Gasteiger partial charge in [0.15, 0.2) is 0 Å². The van der Waals surface area contributed by atoms with E-state index in [0.717, 1.165) is 5.92 Å². The lowest BCUT2D eigenvalue weighted by atomic mass is 9.60. The van der Waals surface area contributed by atoms with E-state index in [1.165, 1.54) is 5.57 Å². The molecule has 0 aromatic rings. The van der Waals surface area contributed by atoms with E-state index in [2.05, 4.69) is 55.5 Å². The van der Waals surface area contributed by atoms with Gasteiger partial charge in [-0.05, 0) is 25.7 Å². The molecule has 0 aliphatic carbocycles. The summed E-state index contributed by atoms with van der Waals surface area (Å²) in [6.07, 6.45) is 2.41. The summed E-state index contributed by atoms with van der Waals surface area (Å²) in [5, 5.41) is 0.394. The van der Waals surface area contributed by atoms with Gasteiger partial charge in [0, 0.05) is 0 Å². The molecule has 0 amide bonds. The molecule has 0 radical (unpaired) electrons. The van der Waals surface area contributed by atoms with Crippen LogP contribution in [0.5, 0.6) is 0 Å². The Hall–Kier alpha value is -0.195. The minimum absolute atomic E-state index is 0.394. The lowest BCUT2D eigenvalue weighted by Crippen LogP contribution is -2.21.